The average Bonchev–Trinajstić information content (AvgIpc) is 2.53. The van der Waals surface area contributed by atoms with E-state index in [4.69, 9.17) is 24.4 Å². The van der Waals surface area contributed by atoms with Crippen molar-refractivity contribution in [2.45, 2.75) is 46.5 Å². The molecule has 0 aliphatic heterocycles. The van der Waals surface area contributed by atoms with Gasteiger partial charge in [-0.3, -0.25) is 0 Å². The maximum absolute atomic E-state index is 10.7. The van der Waals surface area contributed by atoms with Crippen molar-refractivity contribution in [3.63, 3.8) is 0 Å². The fourth-order valence-electron chi connectivity index (χ4n) is 3.13. The third-order valence-corrected chi connectivity index (χ3v) is 5.11. The minimum absolute atomic E-state index is 0.168. The zero-order valence-electron chi connectivity index (χ0n) is 15.7. The van der Waals surface area contributed by atoms with Gasteiger partial charge in [0.15, 0.2) is 10.1 Å². The predicted octanol–water partition coefficient (Wildman–Crippen LogP) is 5.36. The zero-order valence-corrected chi connectivity index (χ0v) is 17.3. The molecular weight excluding hydrogens is 364 g/mol. The number of aliphatic hydroxyl groups excluding tert-OH is 2. The molecule has 2 rings (SSSR count). The lowest BCUT2D eigenvalue weighted by molar-refractivity contribution is 0.441. The van der Waals surface area contributed by atoms with Crippen molar-refractivity contribution in [1.82, 2.24) is 0 Å². The van der Waals surface area contributed by atoms with Gasteiger partial charge in [0.25, 0.3) is 0 Å². The van der Waals surface area contributed by atoms with Gasteiger partial charge in [-0.15, -0.1) is 0 Å². The molecule has 0 unspecified atom stereocenters. The van der Waals surface area contributed by atoms with Crippen LogP contribution in [0.1, 0.15) is 59.7 Å². The molecule has 26 heavy (non-hydrogen) atoms. The van der Waals surface area contributed by atoms with Crippen molar-refractivity contribution in [2.24, 2.45) is 0 Å². The molecule has 0 amide bonds. The fraction of sp³-hybridized carbons (Fsp3) is 0.333. The zero-order chi connectivity index (χ0) is 19.8. The number of rotatable bonds is 4. The number of thiocarbonyl (C=S) groups is 2. The molecule has 2 aromatic carbocycles. The monoisotopic (exact) mass is 388 g/mol. The van der Waals surface area contributed by atoms with Crippen LogP contribution in [0.3, 0.4) is 0 Å². The molecule has 0 aliphatic rings. The van der Waals surface area contributed by atoms with Gasteiger partial charge < -0.3 is 15.3 Å². The standard InChI is InChI=1S/C21H24O3S2/c1-11-8-17(21(3,4)5)18(22)12(2)16(11)10-14-9-13(19(23)25)6-7-15(14)20(24)26/h6-9,22H,10H2,1-5H3,(H,23,25)(H,24,26). The van der Waals surface area contributed by atoms with Crippen LogP contribution in [-0.4, -0.2) is 25.4 Å². The number of phenols is 1. The Kier molecular flexibility index (Phi) is 5.73. The Bertz CT molecular complexity index is 893. The third-order valence-electron chi connectivity index (χ3n) is 4.66. The van der Waals surface area contributed by atoms with Crippen molar-refractivity contribution in [3.05, 3.63) is 63.2 Å². The van der Waals surface area contributed by atoms with Crippen molar-refractivity contribution >= 4 is 34.5 Å². The first-order chi connectivity index (χ1) is 11.9. The second kappa shape index (κ2) is 7.33. The summed E-state index contributed by atoms with van der Waals surface area (Å²) in [6.07, 6.45) is 0.460. The summed E-state index contributed by atoms with van der Waals surface area (Å²) in [5.41, 5.74) is 5.34. The predicted molar refractivity (Wildman–Crippen MR) is 114 cm³/mol. The van der Waals surface area contributed by atoms with E-state index in [-0.39, 0.29) is 15.5 Å². The molecule has 0 bridgehead atoms. The highest BCUT2D eigenvalue weighted by atomic mass is 32.1. The van der Waals surface area contributed by atoms with Gasteiger partial charge in [-0.25, -0.2) is 0 Å². The van der Waals surface area contributed by atoms with Crippen molar-refractivity contribution in [1.29, 1.82) is 0 Å². The number of aromatic hydroxyl groups is 1. The van der Waals surface area contributed by atoms with Crippen molar-refractivity contribution in [3.8, 4) is 5.75 Å². The first-order valence-corrected chi connectivity index (χ1v) is 9.17. The maximum atomic E-state index is 10.7. The first kappa shape index (κ1) is 20.3. The molecular formula is C21H24O3S2. The highest BCUT2D eigenvalue weighted by molar-refractivity contribution is 7.80. The SMILES string of the molecule is Cc1cc(C(C)(C)C)c(O)c(C)c1Cc1cc(C(O)=S)ccc1C(O)=S. The van der Waals surface area contributed by atoms with Crippen molar-refractivity contribution in [2.75, 3.05) is 0 Å². The van der Waals surface area contributed by atoms with E-state index in [1.54, 1.807) is 18.2 Å². The van der Waals surface area contributed by atoms with E-state index in [2.05, 4.69) is 20.8 Å². The summed E-state index contributed by atoms with van der Waals surface area (Å²) >= 11 is 9.79. The van der Waals surface area contributed by atoms with Crippen LogP contribution < -0.4 is 0 Å². The highest BCUT2D eigenvalue weighted by Gasteiger charge is 2.23. The number of aryl methyl sites for hydroxylation is 1. The molecule has 0 heterocycles. The molecule has 138 valence electrons. The normalized spacial score (nSPS) is 11.4. The van der Waals surface area contributed by atoms with E-state index < -0.39 is 0 Å². The molecule has 0 fully saturated rings. The van der Waals surface area contributed by atoms with Crippen LogP contribution in [-0.2, 0) is 11.8 Å². The number of phenolic OH excluding ortho intramolecular Hbond substituents is 1. The van der Waals surface area contributed by atoms with Gasteiger partial charge in [-0.05, 0) is 96.1 Å². The largest absolute Gasteiger partial charge is 0.507 e. The minimum atomic E-state index is -0.207. The molecule has 0 saturated heterocycles. The summed E-state index contributed by atoms with van der Waals surface area (Å²) in [6.45, 7) is 10.1. The molecule has 0 saturated carbocycles. The second-order valence-corrected chi connectivity index (χ2v) is 8.38. The van der Waals surface area contributed by atoms with Gasteiger partial charge in [0.05, 0.1) is 0 Å². The van der Waals surface area contributed by atoms with Gasteiger partial charge >= 0.3 is 0 Å². The molecule has 0 radical (unpaired) electrons. The van der Waals surface area contributed by atoms with Gasteiger partial charge in [-0.1, -0.05) is 26.8 Å². The molecule has 0 aliphatic carbocycles. The summed E-state index contributed by atoms with van der Waals surface area (Å²) in [5, 5.41) is 29.7. The smallest absolute Gasteiger partial charge is 0.188 e. The molecule has 5 heteroatoms. The highest BCUT2D eigenvalue weighted by Crippen LogP contribution is 2.37. The number of hydrogen-bond acceptors (Lipinski definition) is 3. The Labute approximate surface area is 165 Å². The maximum Gasteiger partial charge on any atom is 0.188 e. The van der Waals surface area contributed by atoms with Crippen LogP contribution in [0.4, 0.5) is 0 Å². The minimum Gasteiger partial charge on any atom is -0.507 e. The lowest BCUT2D eigenvalue weighted by Gasteiger charge is -2.24. The second-order valence-electron chi connectivity index (χ2n) is 7.60. The lowest BCUT2D eigenvalue weighted by Crippen LogP contribution is -2.14. The van der Waals surface area contributed by atoms with E-state index in [0.717, 1.165) is 27.8 Å². The quantitative estimate of drug-likeness (QED) is 0.615. The molecule has 0 aromatic heterocycles. The number of aliphatic hydroxyl groups is 2. The number of benzene rings is 2. The summed E-state index contributed by atoms with van der Waals surface area (Å²) in [4.78, 5) is 0. The molecule has 3 N–H and O–H groups in total. The Morgan fingerprint density at radius 2 is 1.62 bits per heavy atom. The Morgan fingerprint density at radius 1 is 1.00 bits per heavy atom. The van der Waals surface area contributed by atoms with E-state index in [9.17, 15) is 15.3 Å². The van der Waals surface area contributed by atoms with Crippen LogP contribution in [0.5, 0.6) is 5.75 Å². The van der Waals surface area contributed by atoms with E-state index in [1.807, 2.05) is 19.9 Å². The van der Waals surface area contributed by atoms with Gasteiger partial charge in [0.1, 0.15) is 5.75 Å². The summed E-state index contributed by atoms with van der Waals surface area (Å²) < 4.78 is 0. The van der Waals surface area contributed by atoms with Gasteiger partial charge in [0, 0.05) is 11.1 Å². The topological polar surface area (TPSA) is 60.7 Å². The van der Waals surface area contributed by atoms with Crippen LogP contribution in [0, 0.1) is 13.8 Å². The van der Waals surface area contributed by atoms with Gasteiger partial charge in [-0.2, -0.15) is 0 Å². The fourth-order valence-corrected chi connectivity index (χ4v) is 3.45. The molecule has 2 aromatic rings. The molecule has 0 atom stereocenters. The summed E-state index contributed by atoms with van der Waals surface area (Å²) in [6, 6.07) is 7.02. The Morgan fingerprint density at radius 3 is 2.12 bits per heavy atom. The van der Waals surface area contributed by atoms with E-state index in [1.165, 1.54) is 0 Å². The van der Waals surface area contributed by atoms with Crippen LogP contribution in [0.15, 0.2) is 24.3 Å². The third kappa shape index (κ3) is 4.05. The van der Waals surface area contributed by atoms with E-state index >= 15 is 0 Å². The van der Waals surface area contributed by atoms with Crippen LogP contribution in [0.25, 0.3) is 0 Å². The van der Waals surface area contributed by atoms with Crippen molar-refractivity contribution < 1.29 is 15.3 Å². The summed E-state index contributed by atoms with van der Waals surface area (Å²) in [7, 11) is 0. The van der Waals surface area contributed by atoms with Gasteiger partial charge in [0.2, 0.25) is 0 Å². The number of hydrogen-bond donors (Lipinski definition) is 3. The summed E-state index contributed by atoms with van der Waals surface area (Å²) in [5.74, 6) is 0.292. The Hall–Kier alpha value is -1.98. The first-order valence-electron chi connectivity index (χ1n) is 8.35. The molecule has 0 spiro atoms. The average molecular weight is 389 g/mol. The molecule has 3 nitrogen and oxygen atoms in total. The van der Waals surface area contributed by atoms with E-state index in [0.29, 0.717) is 23.3 Å². The van der Waals surface area contributed by atoms with Crippen LogP contribution >= 0.6 is 24.4 Å². The lowest BCUT2D eigenvalue weighted by atomic mass is 9.81. The van der Waals surface area contributed by atoms with Crippen LogP contribution in [0.2, 0.25) is 0 Å². The Balaban J connectivity index is 2.62.